The minimum absolute atomic E-state index is 0.185. The standard InChI is InChI=1S/C19H15BrClN3OS/c1-12-9-14(4-5-16(12)20)24-18(25)15-3-2-7-23-19(15)26-11-13-6-8-22-17(21)10-13/h2-10H,11H2,1H3,(H,24,25). The van der Waals surface area contributed by atoms with Crippen LogP contribution in [0.2, 0.25) is 5.15 Å². The Morgan fingerprint density at radius 2 is 2.04 bits per heavy atom. The summed E-state index contributed by atoms with van der Waals surface area (Å²) in [5, 5.41) is 4.05. The summed E-state index contributed by atoms with van der Waals surface area (Å²) in [6, 6.07) is 12.9. The first-order valence-electron chi connectivity index (χ1n) is 7.78. The van der Waals surface area contributed by atoms with Crippen LogP contribution in [0.5, 0.6) is 0 Å². The third kappa shape index (κ3) is 4.84. The fourth-order valence-corrected chi connectivity index (χ4v) is 3.66. The van der Waals surface area contributed by atoms with E-state index in [0.29, 0.717) is 21.5 Å². The van der Waals surface area contributed by atoms with Crippen molar-refractivity contribution < 1.29 is 4.79 Å². The van der Waals surface area contributed by atoms with Crippen LogP contribution in [0.3, 0.4) is 0 Å². The second-order valence-electron chi connectivity index (χ2n) is 5.55. The molecule has 0 radical (unpaired) electrons. The molecular weight excluding hydrogens is 434 g/mol. The van der Waals surface area contributed by atoms with Crippen LogP contribution in [0.15, 0.2) is 64.4 Å². The van der Waals surface area contributed by atoms with Crippen LogP contribution in [0.4, 0.5) is 5.69 Å². The molecule has 0 aliphatic carbocycles. The molecule has 1 aromatic carbocycles. The second-order valence-corrected chi connectivity index (χ2v) is 7.76. The van der Waals surface area contributed by atoms with Crippen molar-refractivity contribution in [3.8, 4) is 0 Å². The number of nitrogens with one attached hydrogen (secondary N) is 1. The summed E-state index contributed by atoms with van der Waals surface area (Å²) in [4.78, 5) is 21.0. The van der Waals surface area contributed by atoms with Crippen LogP contribution >= 0.6 is 39.3 Å². The summed E-state index contributed by atoms with van der Waals surface area (Å²) in [6.07, 6.45) is 3.35. The van der Waals surface area contributed by atoms with Gasteiger partial charge in [-0.25, -0.2) is 9.97 Å². The number of pyridine rings is 2. The summed E-state index contributed by atoms with van der Waals surface area (Å²) in [6.45, 7) is 1.98. The average Bonchev–Trinajstić information content (AvgIpc) is 2.63. The van der Waals surface area contributed by atoms with E-state index < -0.39 is 0 Å². The Morgan fingerprint density at radius 3 is 2.81 bits per heavy atom. The molecule has 0 aliphatic heterocycles. The van der Waals surface area contributed by atoms with Crippen LogP contribution in [0.25, 0.3) is 0 Å². The van der Waals surface area contributed by atoms with Crippen molar-refractivity contribution in [2.45, 2.75) is 17.7 Å². The number of carbonyl (C=O) groups is 1. The molecule has 1 amide bonds. The maximum absolute atomic E-state index is 12.7. The molecule has 2 aromatic heterocycles. The van der Waals surface area contributed by atoms with Crippen molar-refractivity contribution in [1.82, 2.24) is 9.97 Å². The SMILES string of the molecule is Cc1cc(NC(=O)c2cccnc2SCc2ccnc(Cl)c2)ccc1Br. The molecule has 7 heteroatoms. The van der Waals surface area contributed by atoms with E-state index in [1.165, 1.54) is 11.8 Å². The Balaban J connectivity index is 1.75. The number of nitrogens with zero attached hydrogens (tertiary/aromatic N) is 2. The summed E-state index contributed by atoms with van der Waals surface area (Å²) in [5.41, 5.74) is 3.36. The lowest BCUT2D eigenvalue weighted by Gasteiger charge is -2.10. The molecule has 0 spiro atoms. The van der Waals surface area contributed by atoms with Crippen molar-refractivity contribution in [2.24, 2.45) is 0 Å². The van der Waals surface area contributed by atoms with Gasteiger partial charge in [-0.3, -0.25) is 4.79 Å². The van der Waals surface area contributed by atoms with Gasteiger partial charge in [-0.05, 0) is 60.5 Å². The maximum atomic E-state index is 12.7. The van der Waals surface area contributed by atoms with E-state index in [1.54, 1.807) is 24.5 Å². The van der Waals surface area contributed by atoms with Gasteiger partial charge in [0.2, 0.25) is 0 Å². The Hall–Kier alpha value is -1.89. The number of halogens is 2. The number of carbonyl (C=O) groups excluding carboxylic acids is 1. The normalized spacial score (nSPS) is 10.6. The third-order valence-corrected chi connectivity index (χ3v) is 5.77. The average molecular weight is 449 g/mol. The van der Waals surface area contributed by atoms with Gasteiger partial charge in [0.05, 0.1) is 5.56 Å². The van der Waals surface area contributed by atoms with Gasteiger partial charge in [-0.15, -0.1) is 11.8 Å². The van der Waals surface area contributed by atoms with Crippen molar-refractivity contribution in [2.75, 3.05) is 5.32 Å². The van der Waals surface area contributed by atoms with Gasteiger partial charge >= 0.3 is 0 Å². The first-order chi connectivity index (χ1) is 12.5. The molecule has 0 saturated carbocycles. The first-order valence-corrected chi connectivity index (χ1v) is 9.94. The van der Waals surface area contributed by atoms with E-state index in [-0.39, 0.29) is 5.91 Å². The molecule has 26 heavy (non-hydrogen) atoms. The summed E-state index contributed by atoms with van der Waals surface area (Å²) < 4.78 is 1.00. The molecule has 4 nitrogen and oxygen atoms in total. The second kappa shape index (κ2) is 8.66. The number of amides is 1. The minimum atomic E-state index is -0.185. The smallest absolute Gasteiger partial charge is 0.258 e. The molecule has 0 saturated heterocycles. The predicted octanol–water partition coefficient (Wildman–Crippen LogP) is 5.75. The minimum Gasteiger partial charge on any atom is -0.322 e. The highest BCUT2D eigenvalue weighted by atomic mass is 79.9. The molecule has 132 valence electrons. The lowest BCUT2D eigenvalue weighted by molar-refractivity contribution is 0.102. The number of hydrogen-bond donors (Lipinski definition) is 1. The molecule has 0 bridgehead atoms. The number of rotatable bonds is 5. The molecule has 2 heterocycles. The molecule has 3 aromatic rings. The number of thioether (sulfide) groups is 1. The summed E-state index contributed by atoms with van der Waals surface area (Å²) >= 11 is 10.9. The molecule has 0 fully saturated rings. The lowest BCUT2D eigenvalue weighted by Crippen LogP contribution is -2.13. The van der Waals surface area contributed by atoms with Crippen molar-refractivity contribution in [3.63, 3.8) is 0 Å². The van der Waals surface area contributed by atoms with Crippen molar-refractivity contribution in [1.29, 1.82) is 0 Å². The van der Waals surface area contributed by atoms with E-state index in [1.807, 2.05) is 37.3 Å². The molecule has 0 aliphatic rings. The third-order valence-electron chi connectivity index (χ3n) is 3.60. The van der Waals surface area contributed by atoms with Gasteiger partial charge in [-0.2, -0.15) is 0 Å². The Labute approximate surface area is 169 Å². The number of aromatic nitrogens is 2. The first kappa shape index (κ1) is 18.9. The van der Waals surface area contributed by atoms with Crippen LogP contribution in [0.1, 0.15) is 21.5 Å². The van der Waals surface area contributed by atoms with Crippen LogP contribution in [0, 0.1) is 6.92 Å². The molecule has 3 rings (SSSR count). The highest BCUT2D eigenvalue weighted by Gasteiger charge is 2.13. The van der Waals surface area contributed by atoms with Gasteiger partial charge in [0, 0.05) is 28.3 Å². The number of benzene rings is 1. The van der Waals surface area contributed by atoms with Crippen molar-refractivity contribution >= 4 is 50.9 Å². The van der Waals surface area contributed by atoms with E-state index in [0.717, 1.165) is 21.3 Å². The van der Waals surface area contributed by atoms with Gasteiger partial charge in [0.25, 0.3) is 5.91 Å². The van der Waals surface area contributed by atoms with Crippen LogP contribution in [-0.4, -0.2) is 15.9 Å². The topological polar surface area (TPSA) is 54.9 Å². The highest BCUT2D eigenvalue weighted by Crippen LogP contribution is 2.26. The number of anilines is 1. The lowest BCUT2D eigenvalue weighted by atomic mass is 10.2. The number of hydrogen-bond acceptors (Lipinski definition) is 4. The Bertz CT molecular complexity index is 952. The van der Waals surface area contributed by atoms with E-state index in [4.69, 9.17) is 11.6 Å². The van der Waals surface area contributed by atoms with Crippen LogP contribution < -0.4 is 5.32 Å². The van der Waals surface area contributed by atoms with Gasteiger partial charge in [0.1, 0.15) is 10.2 Å². The number of aryl methyl sites for hydroxylation is 1. The van der Waals surface area contributed by atoms with Gasteiger partial charge in [0.15, 0.2) is 0 Å². The van der Waals surface area contributed by atoms with E-state index >= 15 is 0 Å². The molecule has 0 unspecified atom stereocenters. The van der Waals surface area contributed by atoms with Gasteiger partial charge in [-0.1, -0.05) is 27.5 Å². The Morgan fingerprint density at radius 1 is 1.19 bits per heavy atom. The Kier molecular flexibility index (Phi) is 6.29. The zero-order valence-corrected chi connectivity index (χ0v) is 17.0. The predicted molar refractivity (Wildman–Crippen MR) is 110 cm³/mol. The quantitative estimate of drug-likeness (QED) is 0.399. The zero-order valence-electron chi connectivity index (χ0n) is 13.9. The monoisotopic (exact) mass is 447 g/mol. The fourth-order valence-electron chi connectivity index (χ4n) is 2.28. The van der Waals surface area contributed by atoms with Crippen molar-refractivity contribution in [3.05, 3.63) is 81.2 Å². The highest BCUT2D eigenvalue weighted by molar-refractivity contribution is 9.10. The van der Waals surface area contributed by atoms with E-state index in [2.05, 4.69) is 31.2 Å². The zero-order chi connectivity index (χ0) is 18.5. The largest absolute Gasteiger partial charge is 0.322 e. The van der Waals surface area contributed by atoms with E-state index in [9.17, 15) is 4.79 Å². The van der Waals surface area contributed by atoms with Crippen LogP contribution in [-0.2, 0) is 5.75 Å². The fraction of sp³-hybridized carbons (Fsp3) is 0.105. The molecule has 0 atom stereocenters. The molecular formula is C19H15BrClN3OS. The van der Waals surface area contributed by atoms with Gasteiger partial charge < -0.3 is 5.32 Å². The summed E-state index contributed by atoms with van der Waals surface area (Å²) in [7, 11) is 0. The molecule has 1 N–H and O–H groups in total. The summed E-state index contributed by atoms with van der Waals surface area (Å²) in [5.74, 6) is 0.465. The maximum Gasteiger partial charge on any atom is 0.258 e.